The zero-order chi connectivity index (χ0) is 18.7. The maximum Gasteiger partial charge on any atom is 0.237 e. The first-order valence-corrected chi connectivity index (χ1v) is 10.8. The fourth-order valence-corrected chi connectivity index (χ4v) is 5.79. The van der Waals surface area contributed by atoms with E-state index in [2.05, 4.69) is 5.32 Å². The van der Waals surface area contributed by atoms with E-state index >= 15 is 0 Å². The van der Waals surface area contributed by atoms with Gasteiger partial charge in [-0.15, -0.1) is 11.3 Å². The lowest BCUT2D eigenvalue weighted by Crippen LogP contribution is -2.35. The third-order valence-electron chi connectivity index (χ3n) is 4.25. The molecule has 138 valence electrons. The quantitative estimate of drug-likeness (QED) is 0.648. The monoisotopic (exact) mass is 390 g/mol. The van der Waals surface area contributed by atoms with Gasteiger partial charge in [0.15, 0.2) is 0 Å². The average Bonchev–Trinajstić information content (AvgIpc) is 2.96. The number of aromatic hydroxyl groups is 1. The van der Waals surface area contributed by atoms with Crippen molar-refractivity contribution in [2.75, 3.05) is 23.7 Å². The van der Waals surface area contributed by atoms with Crippen LogP contribution in [-0.2, 0) is 16.6 Å². The molecule has 5 nitrogen and oxygen atoms in total. The number of nitrogens with one attached hydrogen (secondary N) is 1. The Bertz CT molecular complexity index is 995. The molecule has 0 fully saturated rings. The molecule has 0 aliphatic heterocycles. The van der Waals surface area contributed by atoms with Crippen molar-refractivity contribution in [3.8, 4) is 5.75 Å². The van der Waals surface area contributed by atoms with Crippen molar-refractivity contribution < 1.29 is 13.5 Å². The van der Waals surface area contributed by atoms with Crippen LogP contribution in [-0.4, -0.2) is 32.9 Å². The maximum absolute atomic E-state index is 13.0. The molecular weight excluding hydrogens is 368 g/mol. The molecule has 0 atom stereocenters. The fraction of sp³-hybridized carbons (Fsp3) is 0.263. The minimum atomic E-state index is -3.50. The van der Waals surface area contributed by atoms with Gasteiger partial charge in [-0.25, -0.2) is 8.42 Å². The van der Waals surface area contributed by atoms with E-state index in [-0.39, 0.29) is 18.0 Å². The Balaban J connectivity index is 2.06. The van der Waals surface area contributed by atoms with Crippen LogP contribution in [0.4, 0.5) is 5.00 Å². The summed E-state index contributed by atoms with van der Waals surface area (Å²) in [5.74, 6) is 0.186. The second-order valence-electron chi connectivity index (χ2n) is 6.12. The average molecular weight is 391 g/mol. The molecule has 0 aliphatic carbocycles. The second-order valence-corrected chi connectivity index (χ2v) is 9.16. The predicted octanol–water partition coefficient (Wildman–Crippen LogP) is 3.47. The van der Waals surface area contributed by atoms with Crippen LogP contribution in [0.15, 0.2) is 48.5 Å². The summed E-state index contributed by atoms with van der Waals surface area (Å²) in [6, 6.07) is 14.6. The fourth-order valence-electron chi connectivity index (χ4n) is 2.80. The van der Waals surface area contributed by atoms with Gasteiger partial charge in [0.2, 0.25) is 10.0 Å². The van der Waals surface area contributed by atoms with Gasteiger partial charge in [-0.3, -0.25) is 4.31 Å². The summed E-state index contributed by atoms with van der Waals surface area (Å²) in [5, 5.41) is 14.2. The summed E-state index contributed by atoms with van der Waals surface area (Å²) in [6.07, 6.45) is 0. The van der Waals surface area contributed by atoms with Crippen molar-refractivity contribution in [1.82, 2.24) is 5.32 Å². The van der Waals surface area contributed by atoms with E-state index in [0.29, 0.717) is 6.54 Å². The van der Waals surface area contributed by atoms with E-state index in [1.54, 1.807) is 31.3 Å². The van der Waals surface area contributed by atoms with Crippen LogP contribution < -0.4 is 9.62 Å². The van der Waals surface area contributed by atoms with Crippen LogP contribution in [0.5, 0.6) is 5.75 Å². The molecule has 0 saturated heterocycles. The standard InChI is InChI=1S/C19H22N2O3S2/c1-14-17-5-3-4-6-18(17)25-19(14)21(26(23,24)12-11-20-2)13-15-7-9-16(22)10-8-15/h3-10,20,22H,11-13H2,1-2H3. The number of nitrogens with zero attached hydrogens (tertiary/aromatic N) is 1. The number of aryl methyl sites for hydroxylation is 1. The van der Waals surface area contributed by atoms with E-state index in [0.717, 1.165) is 26.2 Å². The van der Waals surface area contributed by atoms with Gasteiger partial charge < -0.3 is 10.4 Å². The first-order valence-electron chi connectivity index (χ1n) is 8.33. The zero-order valence-electron chi connectivity index (χ0n) is 14.8. The number of hydrogen-bond donors (Lipinski definition) is 2. The van der Waals surface area contributed by atoms with Gasteiger partial charge in [-0.1, -0.05) is 30.3 Å². The van der Waals surface area contributed by atoms with E-state index in [9.17, 15) is 13.5 Å². The molecule has 3 aromatic rings. The molecule has 0 amide bonds. The van der Waals surface area contributed by atoms with Crippen LogP contribution in [0.1, 0.15) is 11.1 Å². The Morgan fingerprint density at radius 1 is 1.12 bits per heavy atom. The van der Waals surface area contributed by atoms with Gasteiger partial charge in [0.25, 0.3) is 0 Å². The Kier molecular flexibility index (Phi) is 5.50. The highest BCUT2D eigenvalue weighted by Crippen LogP contribution is 2.39. The molecule has 1 heterocycles. The Labute approximate surface area is 157 Å². The third-order valence-corrected chi connectivity index (χ3v) is 7.37. The van der Waals surface area contributed by atoms with Crippen LogP contribution in [0.2, 0.25) is 0 Å². The first-order chi connectivity index (χ1) is 12.4. The minimum absolute atomic E-state index is 0.0231. The van der Waals surface area contributed by atoms with Crippen molar-refractivity contribution in [2.45, 2.75) is 13.5 Å². The van der Waals surface area contributed by atoms with Crippen molar-refractivity contribution in [2.24, 2.45) is 0 Å². The van der Waals surface area contributed by atoms with E-state index in [4.69, 9.17) is 0 Å². The molecule has 0 bridgehead atoms. The molecule has 2 N–H and O–H groups in total. The van der Waals surface area contributed by atoms with E-state index in [1.807, 2.05) is 31.2 Å². The van der Waals surface area contributed by atoms with Crippen molar-refractivity contribution >= 4 is 36.4 Å². The molecule has 0 saturated carbocycles. The predicted molar refractivity (Wildman–Crippen MR) is 109 cm³/mol. The highest BCUT2D eigenvalue weighted by molar-refractivity contribution is 7.93. The number of sulfonamides is 1. The molecule has 1 aromatic heterocycles. The number of anilines is 1. The smallest absolute Gasteiger partial charge is 0.237 e. The molecule has 7 heteroatoms. The number of phenolic OH excluding ortho intramolecular Hbond substituents is 1. The third kappa shape index (κ3) is 3.85. The van der Waals surface area contributed by atoms with Gasteiger partial charge in [0.1, 0.15) is 10.8 Å². The number of thiophene rings is 1. The van der Waals surface area contributed by atoms with Gasteiger partial charge in [-0.2, -0.15) is 0 Å². The molecular formula is C19H22N2O3S2. The minimum Gasteiger partial charge on any atom is -0.508 e. The van der Waals surface area contributed by atoms with Gasteiger partial charge in [-0.05, 0) is 48.7 Å². The second kappa shape index (κ2) is 7.65. The molecule has 0 radical (unpaired) electrons. The number of rotatable bonds is 7. The molecule has 3 rings (SSSR count). The summed E-state index contributed by atoms with van der Waals surface area (Å²) in [6.45, 7) is 2.59. The lowest BCUT2D eigenvalue weighted by atomic mass is 10.2. The number of hydrogen-bond acceptors (Lipinski definition) is 5. The summed E-state index contributed by atoms with van der Waals surface area (Å²) >= 11 is 1.49. The summed E-state index contributed by atoms with van der Waals surface area (Å²) in [7, 11) is -1.76. The molecule has 0 aliphatic rings. The van der Waals surface area contributed by atoms with Crippen LogP contribution in [0.25, 0.3) is 10.1 Å². The number of phenols is 1. The Morgan fingerprint density at radius 2 is 1.81 bits per heavy atom. The highest BCUT2D eigenvalue weighted by Gasteiger charge is 2.26. The van der Waals surface area contributed by atoms with Crippen LogP contribution >= 0.6 is 11.3 Å². The highest BCUT2D eigenvalue weighted by atomic mass is 32.2. The van der Waals surface area contributed by atoms with Gasteiger partial charge in [0, 0.05) is 11.2 Å². The van der Waals surface area contributed by atoms with Gasteiger partial charge >= 0.3 is 0 Å². The van der Waals surface area contributed by atoms with Crippen molar-refractivity contribution in [3.05, 3.63) is 59.7 Å². The summed E-state index contributed by atoms with van der Waals surface area (Å²) in [5.41, 5.74) is 1.80. The van der Waals surface area contributed by atoms with Crippen LogP contribution in [0, 0.1) is 6.92 Å². The molecule has 2 aromatic carbocycles. The van der Waals surface area contributed by atoms with E-state index in [1.165, 1.54) is 15.6 Å². The lowest BCUT2D eigenvalue weighted by molar-refractivity contribution is 0.475. The lowest BCUT2D eigenvalue weighted by Gasteiger charge is -2.24. The molecule has 0 spiro atoms. The molecule has 26 heavy (non-hydrogen) atoms. The van der Waals surface area contributed by atoms with E-state index < -0.39 is 10.0 Å². The Hall–Kier alpha value is -2.09. The van der Waals surface area contributed by atoms with Crippen LogP contribution in [0.3, 0.4) is 0 Å². The van der Waals surface area contributed by atoms with Crippen molar-refractivity contribution in [1.29, 1.82) is 0 Å². The first kappa shape index (κ1) is 18.7. The van der Waals surface area contributed by atoms with Crippen molar-refractivity contribution in [3.63, 3.8) is 0 Å². The summed E-state index contributed by atoms with van der Waals surface area (Å²) < 4.78 is 28.6. The normalized spacial score (nSPS) is 11.8. The Morgan fingerprint density at radius 3 is 2.46 bits per heavy atom. The molecule has 0 unspecified atom stereocenters. The largest absolute Gasteiger partial charge is 0.508 e. The number of benzene rings is 2. The SMILES string of the molecule is CNCCS(=O)(=O)N(Cc1ccc(O)cc1)c1sc2ccccc2c1C. The zero-order valence-corrected chi connectivity index (χ0v) is 16.4. The maximum atomic E-state index is 13.0. The van der Waals surface area contributed by atoms with Gasteiger partial charge in [0.05, 0.1) is 12.3 Å². The number of fused-ring (bicyclic) bond motifs is 1. The topological polar surface area (TPSA) is 69.6 Å². The summed E-state index contributed by atoms with van der Waals surface area (Å²) in [4.78, 5) is 0.